The summed E-state index contributed by atoms with van der Waals surface area (Å²) in [6.07, 6.45) is 1.22. The maximum Gasteiger partial charge on any atom is 0.183 e. The van der Waals surface area contributed by atoms with E-state index in [0.717, 1.165) is 0 Å². The molecule has 0 unspecified atom stereocenters. The van der Waals surface area contributed by atoms with Gasteiger partial charge in [-0.05, 0) is 0 Å². The van der Waals surface area contributed by atoms with Gasteiger partial charge in [0.25, 0.3) is 0 Å². The Labute approximate surface area is 50.7 Å². The minimum absolute atomic E-state index is 0.171. The van der Waals surface area contributed by atoms with Crippen LogP contribution >= 0.6 is 0 Å². The van der Waals surface area contributed by atoms with E-state index in [-0.39, 0.29) is 5.90 Å². The van der Waals surface area contributed by atoms with Crippen molar-refractivity contribution in [2.75, 3.05) is 0 Å². The SMILES string of the molecule is C=COC(C)=N.CC. The molecule has 0 rings (SSSR count). The average Bonchev–Trinajstić information content (AvgIpc) is 1.72. The zero-order valence-electron chi connectivity index (χ0n) is 5.69. The van der Waals surface area contributed by atoms with E-state index >= 15 is 0 Å². The molecule has 0 fully saturated rings. The zero-order chi connectivity index (χ0) is 6.99. The first-order valence-corrected chi connectivity index (χ1v) is 2.60. The number of hydrogen-bond acceptors (Lipinski definition) is 2. The highest BCUT2D eigenvalue weighted by molar-refractivity contribution is 5.69. The van der Waals surface area contributed by atoms with Gasteiger partial charge in [-0.3, -0.25) is 5.41 Å². The highest BCUT2D eigenvalue weighted by Gasteiger charge is 1.72. The van der Waals surface area contributed by atoms with Gasteiger partial charge >= 0.3 is 0 Å². The number of rotatable bonds is 1. The molecular weight excluding hydrogens is 102 g/mol. The van der Waals surface area contributed by atoms with E-state index in [2.05, 4.69) is 11.3 Å². The second-order valence-electron chi connectivity index (χ2n) is 0.841. The molecule has 0 amide bonds. The molecular formula is C6H13NO. The van der Waals surface area contributed by atoms with Crippen molar-refractivity contribution in [1.29, 1.82) is 5.41 Å². The average molecular weight is 115 g/mol. The molecule has 2 heteroatoms. The number of hydrogen-bond donors (Lipinski definition) is 1. The van der Waals surface area contributed by atoms with Gasteiger partial charge in [-0.1, -0.05) is 20.4 Å². The largest absolute Gasteiger partial charge is 0.452 e. The lowest BCUT2D eigenvalue weighted by Gasteiger charge is -1.87. The molecule has 1 N–H and O–H groups in total. The van der Waals surface area contributed by atoms with Gasteiger partial charge in [-0.15, -0.1) is 0 Å². The van der Waals surface area contributed by atoms with Crippen molar-refractivity contribution < 1.29 is 4.74 Å². The third-order valence-corrected chi connectivity index (χ3v) is 0.260. The smallest absolute Gasteiger partial charge is 0.183 e. The fraction of sp³-hybridized carbons (Fsp3) is 0.500. The highest BCUT2D eigenvalue weighted by Crippen LogP contribution is 1.71. The molecule has 0 atom stereocenters. The normalized spacial score (nSPS) is 5.88. The van der Waals surface area contributed by atoms with Gasteiger partial charge in [-0.25, -0.2) is 0 Å². The fourth-order valence-electron chi connectivity index (χ4n) is 0.125. The van der Waals surface area contributed by atoms with Gasteiger partial charge in [-0.2, -0.15) is 0 Å². The molecule has 0 heterocycles. The summed E-state index contributed by atoms with van der Waals surface area (Å²) < 4.78 is 4.39. The standard InChI is InChI=1S/C4H7NO.C2H6/c1-3-6-4(2)5;1-2/h3,5H,1H2,2H3;1-2H3. The Hall–Kier alpha value is -0.790. The van der Waals surface area contributed by atoms with Gasteiger partial charge in [0.15, 0.2) is 5.90 Å². The molecule has 0 saturated carbocycles. The van der Waals surface area contributed by atoms with Gasteiger partial charge in [0, 0.05) is 6.92 Å². The summed E-state index contributed by atoms with van der Waals surface area (Å²) in [5.41, 5.74) is 0. The molecule has 0 saturated heterocycles. The van der Waals surface area contributed by atoms with E-state index in [9.17, 15) is 0 Å². The van der Waals surface area contributed by atoms with Crippen LogP contribution in [0.15, 0.2) is 12.8 Å². The van der Waals surface area contributed by atoms with E-state index in [4.69, 9.17) is 5.41 Å². The Morgan fingerprint density at radius 2 is 2.00 bits per heavy atom. The van der Waals surface area contributed by atoms with E-state index in [1.54, 1.807) is 6.92 Å². The van der Waals surface area contributed by atoms with Crippen molar-refractivity contribution in [2.24, 2.45) is 0 Å². The van der Waals surface area contributed by atoms with E-state index in [1.165, 1.54) is 6.26 Å². The summed E-state index contributed by atoms with van der Waals surface area (Å²) in [5.74, 6) is 0.171. The minimum atomic E-state index is 0.171. The first-order chi connectivity index (χ1) is 3.77. The second kappa shape index (κ2) is 9.51. The first-order valence-electron chi connectivity index (χ1n) is 2.60. The minimum Gasteiger partial charge on any atom is -0.452 e. The summed E-state index contributed by atoms with van der Waals surface area (Å²) in [6.45, 7) is 8.78. The Morgan fingerprint density at radius 1 is 1.62 bits per heavy atom. The van der Waals surface area contributed by atoms with Crippen molar-refractivity contribution in [3.63, 3.8) is 0 Å². The van der Waals surface area contributed by atoms with Crippen molar-refractivity contribution in [2.45, 2.75) is 20.8 Å². The topological polar surface area (TPSA) is 33.1 Å². The molecule has 0 aliphatic rings. The van der Waals surface area contributed by atoms with Crippen LogP contribution in [0.3, 0.4) is 0 Å². The zero-order valence-corrected chi connectivity index (χ0v) is 5.69. The Kier molecular flexibility index (Phi) is 12.2. The molecule has 0 aromatic carbocycles. The monoisotopic (exact) mass is 115 g/mol. The summed E-state index contributed by atoms with van der Waals surface area (Å²) in [7, 11) is 0. The lowest BCUT2D eigenvalue weighted by Crippen LogP contribution is -1.85. The quantitative estimate of drug-likeness (QED) is 0.317. The molecule has 0 bridgehead atoms. The third-order valence-electron chi connectivity index (χ3n) is 0.260. The summed E-state index contributed by atoms with van der Waals surface area (Å²) in [5, 5.41) is 6.60. The lowest BCUT2D eigenvalue weighted by molar-refractivity contribution is 0.466. The second-order valence-corrected chi connectivity index (χ2v) is 0.841. The summed E-state index contributed by atoms with van der Waals surface area (Å²) >= 11 is 0. The van der Waals surface area contributed by atoms with Crippen LogP contribution < -0.4 is 0 Å². The number of ether oxygens (including phenoxy) is 1. The predicted molar refractivity (Wildman–Crippen MR) is 36.0 cm³/mol. The van der Waals surface area contributed by atoms with E-state index in [0.29, 0.717) is 0 Å². The van der Waals surface area contributed by atoms with Crippen LogP contribution in [0, 0.1) is 5.41 Å². The van der Waals surface area contributed by atoms with Gasteiger partial charge in [0.2, 0.25) is 0 Å². The fourth-order valence-corrected chi connectivity index (χ4v) is 0.125. The van der Waals surface area contributed by atoms with Crippen LogP contribution in [0.1, 0.15) is 20.8 Å². The molecule has 48 valence electrons. The third kappa shape index (κ3) is 18.9. The van der Waals surface area contributed by atoms with Crippen molar-refractivity contribution in [1.82, 2.24) is 0 Å². The Bertz CT molecular complexity index is 68.9. The van der Waals surface area contributed by atoms with E-state index in [1.807, 2.05) is 13.8 Å². The van der Waals surface area contributed by atoms with Crippen molar-refractivity contribution in [3.05, 3.63) is 12.8 Å². The van der Waals surface area contributed by atoms with Crippen LogP contribution in [0.4, 0.5) is 0 Å². The maximum absolute atomic E-state index is 6.60. The first kappa shape index (κ1) is 10.2. The molecule has 0 radical (unpaired) electrons. The van der Waals surface area contributed by atoms with Gasteiger partial charge in [0.1, 0.15) is 0 Å². The van der Waals surface area contributed by atoms with Crippen LogP contribution in [-0.4, -0.2) is 5.90 Å². The molecule has 2 nitrogen and oxygen atoms in total. The Morgan fingerprint density at radius 3 is 2.00 bits per heavy atom. The van der Waals surface area contributed by atoms with Crippen LogP contribution in [-0.2, 0) is 4.74 Å². The summed E-state index contributed by atoms with van der Waals surface area (Å²) in [4.78, 5) is 0. The van der Waals surface area contributed by atoms with Gasteiger partial charge < -0.3 is 4.74 Å². The van der Waals surface area contributed by atoms with Crippen LogP contribution in [0.2, 0.25) is 0 Å². The maximum atomic E-state index is 6.60. The highest BCUT2D eigenvalue weighted by atomic mass is 16.5. The predicted octanol–water partition coefficient (Wildman–Crippen LogP) is 2.17. The van der Waals surface area contributed by atoms with Crippen molar-refractivity contribution in [3.8, 4) is 0 Å². The number of nitrogens with one attached hydrogen (secondary N) is 1. The lowest BCUT2D eigenvalue weighted by atomic mass is 10.8. The van der Waals surface area contributed by atoms with Crippen molar-refractivity contribution >= 4 is 5.90 Å². The molecule has 0 aliphatic carbocycles. The Balaban J connectivity index is 0. The summed E-state index contributed by atoms with van der Waals surface area (Å²) in [6, 6.07) is 0. The molecule has 0 aliphatic heterocycles. The van der Waals surface area contributed by atoms with Gasteiger partial charge in [0.05, 0.1) is 6.26 Å². The van der Waals surface area contributed by atoms with Crippen LogP contribution in [0.5, 0.6) is 0 Å². The van der Waals surface area contributed by atoms with E-state index < -0.39 is 0 Å². The molecule has 8 heavy (non-hydrogen) atoms. The molecule has 0 aromatic heterocycles. The van der Waals surface area contributed by atoms with Crippen LogP contribution in [0.25, 0.3) is 0 Å². The molecule has 0 spiro atoms. The molecule has 0 aromatic rings.